The summed E-state index contributed by atoms with van der Waals surface area (Å²) in [6, 6.07) is -0.0142. The molecule has 0 spiro atoms. The number of anilines is 1. The number of sulfonamides is 1. The molecule has 2 atom stereocenters. The Morgan fingerprint density at radius 2 is 2.00 bits per heavy atom. The minimum atomic E-state index is -3.63. The Morgan fingerprint density at radius 1 is 1.35 bits per heavy atom. The van der Waals surface area contributed by atoms with Crippen LogP contribution in [0.4, 0.5) is 5.82 Å². The van der Waals surface area contributed by atoms with Crippen LogP contribution >= 0.6 is 11.3 Å². The zero-order valence-electron chi connectivity index (χ0n) is 11.5. The van der Waals surface area contributed by atoms with Crippen LogP contribution in [0.25, 0.3) is 4.96 Å². The van der Waals surface area contributed by atoms with E-state index in [2.05, 4.69) is 4.98 Å². The first kappa shape index (κ1) is 13.8. The molecular weight excluding hydrogens is 296 g/mol. The van der Waals surface area contributed by atoms with Gasteiger partial charge < -0.3 is 5.73 Å². The third kappa shape index (κ3) is 1.94. The van der Waals surface area contributed by atoms with Crippen LogP contribution in [0.2, 0.25) is 0 Å². The van der Waals surface area contributed by atoms with E-state index in [0.29, 0.717) is 4.96 Å². The molecule has 1 aliphatic heterocycles. The van der Waals surface area contributed by atoms with Crippen LogP contribution in [0.5, 0.6) is 0 Å². The van der Waals surface area contributed by atoms with Gasteiger partial charge in [0.15, 0.2) is 15.8 Å². The van der Waals surface area contributed by atoms with E-state index in [9.17, 15) is 8.42 Å². The Kier molecular flexibility index (Phi) is 3.26. The molecule has 0 radical (unpaired) electrons. The summed E-state index contributed by atoms with van der Waals surface area (Å²) in [7, 11) is -3.63. The van der Waals surface area contributed by atoms with E-state index in [4.69, 9.17) is 5.73 Å². The quantitative estimate of drug-likeness (QED) is 0.918. The van der Waals surface area contributed by atoms with Gasteiger partial charge in [0, 0.05) is 23.7 Å². The predicted molar refractivity (Wildman–Crippen MR) is 79.3 cm³/mol. The molecule has 1 fully saturated rings. The summed E-state index contributed by atoms with van der Waals surface area (Å²) in [5, 5.41) is 1.92. The molecule has 1 aliphatic rings. The molecule has 3 rings (SSSR count). The lowest BCUT2D eigenvalue weighted by molar-refractivity contribution is 0.203. The molecular formula is C12H18N4O2S2. The third-order valence-electron chi connectivity index (χ3n) is 3.88. The van der Waals surface area contributed by atoms with Crippen LogP contribution in [0.1, 0.15) is 33.1 Å². The van der Waals surface area contributed by atoms with Crippen LogP contribution in [0.3, 0.4) is 0 Å². The Hall–Kier alpha value is -1.12. The van der Waals surface area contributed by atoms with Gasteiger partial charge in [-0.25, -0.2) is 13.4 Å². The molecule has 0 aromatic carbocycles. The van der Waals surface area contributed by atoms with Gasteiger partial charge in [-0.3, -0.25) is 4.40 Å². The Bertz CT molecular complexity index is 724. The van der Waals surface area contributed by atoms with Crippen LogP contribution in [-0.4, -0.2) is 34.2 Å². The van der Waals surface area contributed by atoms with E-state index in [1.54, 1.807) is 14.9 Å². The molecule has 0 amide bonds. The first-order valence-corrected chi connectivity index (χ1v) is 8.99. The molecule has 2 aromatic heterocycles. The first-order chi connectivity index (χ1) is 9.43. The van der Waals surface area contributed by atoms with E-state index in [0.717, 1.165) is 19.3 Å². The van der Waals surface area contributed by atoms with Gasteiger partial charge in [0.25, 0.3) is 10.0 Å². The molecule has 0 unspecified atom stereocenters. The number of thiazole rings is 1. The second-order valence-electron chi connectivity index (χ2n) is 5.32. The number of aromatic nitrogens is 2. The summed E-state index contributed by atoms with van der Waals surface area (Å²) in [4.78, 5) is 4.75. The first-order valence-electron chi connectivity index (χ1n) is 6.67. The second-order valence-corrected chi connectivity index (χ2v) is 7.95. The average molecular weight is 314 g/mol. The molecule has 3 heterocycles. The number of piperidine rings is 1. The van der Waals surface area contributed by atoms with Gasteiger partial charge >= 0.3 is 0 Å². The molecule has 2 N–H and O–H groups in total. The number of fused-ring (bicyclic) bond motifs is 1. The lowest BCUT2D eigenvalue weighted by Crippen LogP contribution is -2.47. The third-order valence-corrected chi connectivity index (χ3v) is 6.80. The second kappa shape index (κ2) is 4.71. The lowest BCUT2D eigenvalue weighted by atomic mass is 10.0. The van der Waals surface area contributed by atoms with E-state index in [1.807, 2.05) is 19.2 Å². The molecule has 0 bridgehead atoms. The molecule has 2 aromatic rings. The molecule has 0 saturated carbocycles. The number of hydrogen-bond acceptors (Lipinski definition) is 5. The van der Waals surface area contributed by atoms with Crippen molar-refractivity contribution in [2.45, 2.75) is 50.2 Å². The fourth-order valence-electron chi connectivity index (χ4n) is 3.01. The lowest BCUT2D eigenvalue weighted by Gasteiger charge is -2.37. The van der Waals surface area contributed by atoms with Gasteiger partial charge in [-0.05, 0) is 26.7 Å². The SMILES string of the molecule is C[C@@H]1CCC[C@H](C)N1S(=O)(=O)c1c(N)nc2sccn12. The molecule has 0 aliphatic carbocycles. The van der Waals surface area contributed by atoms with Crippen molar-refractivity contribution in [1.82, 2.24) is 13.7 Å². The Morgan fingerprint density at radius 3 is 2.65 bits per heavy atom. The summed E-state index contributed by atoms with van der Waals surface area (Å²) in [6.07, 6.45) is 4.53. The number of nitrogens with two attached hydrogens (primary N) is 1. The monoisotopic (exact) mass is 314 g/mol. The van der Waals surface area contributed by atoms with Crippen molar-refractivity contribution in [2.75, 3.05) is 5.73 Å². The van der Waals surface area contributed by atoms with Gasteiger partial charge in [0.1, 0.15) is 0 Å². The predicted octanol–water partition coefficient (Wildman–Crippen LogP) is 1.93. The molecule has 1 saturated heterocycles. The Labute approximate surface area is 122 Å². The molecule has 110 valence electrons. The van der Waals surface area contributed by atoms with E-state index in [1.165, 1.54) is 11.3 Å². The van der Waals surface area contributed by atoms with Crippen LogP contribution in [0, 0.1) is 0 Å². The van der Waals surface area contributed by atoms with Crippen molar-refractivity contribution in [3.05, 3.63) is 11.6 Å². The fourth-order valence-corrected chi connectivity index (χ4v) is 5.85. The van der Waals surface area contributed by atoms with Crippen molar-refractivity contribution in [2.24, 2.45) is 0 Å². The highest BCUT2D eigenvalue weighted by Crippen LogP contribution is 2.32. The average Bonchev–Trinajstić information content (AvgIpc) is 2.87. The van der Waals surface area contributed by atoms with Crippen molar-refractivity contribution < 1.29 is 8.42 Å². The maximum Gasteiger partial charge on any atom is 0.263 e. The normalized spacial score (nSPS) is 25.3. The minimum Gasteiger partial charge on any atom is -0.381 e. The van der Waals surface area contributed by atoms with Gasteiger partial charge in [0.05, 0.1) is 0 Å². The van der Waals surface area contributed by atoms with Gasteiger partial charge in [-0.1, -0.05) is 6.42 Å². The Balaban J connectivity index is 2.16. The summed E-state index contributed by atoms with van der Waals surface area (Å²) in [5.41, 5.74) is 5.85. The summed E-state index contributed by atoms with van der Waals surface area (Å²) in [6.45, 7) is 3.91. The van der Waals surface area contributed by atoms with E-state index < -0.39 is 10.0 Å². The van der Waals surface area contributed by atoms with Gasteiger partial charge in [-0.15, -0.1) is 11.3 Å². The van der Waals surface area contributed by atoms with E-state index in [-0.39, 0.29) is 22.9 Å². The largest absolute Gasteiger partial charge is 0.381 e. The zero-order valence-corrected chi connectivity index (χ0v) is 13.1. The van der Waals surface area contributed by atoms with Crippen LogP contribution in [-0.2, 0) is 10.0 Å². The number of nitrogen functional groups attached to an aromatic ring is 1. The van der Waals surface area contributed by atoms with Gasteiger partial charge in [0.2, 0.25) is 0 Å². The van der Waals surface area contributed by atoms with Crippen molar-refractivity contribution in [3.63, 3.8) is 0 Å². The molecule has 8 heteroatoms. The highest BCUT2D eigenvalue weighted by atomic mass is 32.2. The minimum absolute atomic E-state index is 0.00710. The highest BCUT2D eigenvalue weighted by molar-refractivity contribution is 7.89. The number of hydrogen-bond donors (Lipinski definition) is 1. The maximum atomic E-state index is 13.0. The number of nitrogens with zero attached hydrogens (tertiary/aromatic N) is 3. The topological polar surface area (TPSA) is 80.7 Å². The fraction of sp³-hybridized carbons (Fsp3) is 0.583. The number of imidazole rings is 1. The highest BCUT2D eigenvalue weighted by Gasteiger charge is 2.39. The standard InChI is InChI=1S/C12H18N4O2S2/c1-8-4-3-5-9(2)16(8)20(17,18)11-10(13)14-12-15(11)6-7-19-12/h6-9H,3-5,13H2,1-2H3/t8-,9+. The van der Waals surface area contributed by atoms with Crippen molar-refractivity contribution >= 4 is 32.1 Å². The zero-order chi connectivity index (χ0) is 14.5. The summed E-state index contributed by atoms with van der Waals surface area (Å²) < 4.78 is 29.1. The van der Waals surface area contributed by atoms with Crippen LogP contribution < -0.4 is 5.73 Å². The van der Waals surface area contributed by atoms with Crippen molar-refractivity contribution in [1.29, 1.82) is 0 Å². The molecule has 20 heavy (non-hydrogen) atoms. The van der Waals surface area contributed by atoms with E-state index >= 15 is 0 Å². The summed E-state index contributed by atoms with van der Waals surface area (Å²) >= 11 is 1.38. The summed E-state index contributed by atoms with van der Waals surface area (Å²) in [5.74, 6) is 0.0850. The maximum absolute atomic E-state index is 13.0. The van der Waals surface area contributed by atoms with Gasteiger partial charge in [-0.2, -0.15) is 4.31 Å². The van der Waals surface area contributed by atoms with Crippen molar-refractivity contribution in [3.8, 4) is 0 Å². The smallest absolute Gasteiger partial charge is 0.263 e. The van der Waals surface area contributed by atoms with Crippen LogP contribution in [0.15, 0.2) is 16.6 Å². The molecule has 6 nitrogen and oxygen atoms in total. The number of rotatable bonds is 2.